The molecule has 0 heterocycles. The van der Waals surface area contributed by atoms with Gasteiger partial charge >= 0.3 is 29.6 Å². The van der Waals surface area contributed by atoms with E-state index >= 15 is 0 Å². The predicted molar refractivity (Wildman–Crippen MR) is 77.7 cm³/mol. The molecule has 1 atom stereocenters. The van der Waals surface area contributed by atoms with Crippen molar-refractivity contribution >= 4 is 17.6 Å². The Morgan fingerprint density at radius 3 is 2.36 bits per heavy atom. The fourth-order valence-corrected chi connectivity index (χ4v) is 1.95. The van der Waals surface area contributed by atoms with E-state index in [0.717, 1.165) is 19.3 Å². The van der Waals surface area contributed by atoms with Gasteiger partial charge in [0.2, 0.25) is 5.91 Å². The van der Waals surface area contributed by atoms with Crippen LogP contribution >= 0.6 is 0 Å². The number of anilines is 1. The molecule has 4 nitrogen and oxygen atoms in total. The number of hydrogen-bond donors (Lipinski definition) is 1. The first-order valence-electron chi connectivity index (χ1n) is 7.28. The summed E-state index contributed by atoms with van der Waals surface area (Å²) in [4.78, 5) is 22.3. The van der Waals surface area contributed by atoms with Crippen LogP contribution in [0.5, 0.6) is 0 Å². The molecule has 0 aromatic heterocycles. The first-order chi connectivity index (χ1) is 10.0. The molecule has 1 amide bonds. The van der Waals surface area contributed by atoms with Crippen LogP contribution in [-0.2, 0) is 4.79 Å². The molecule has 0 aliphatic heterocycles. The molecule has 0 radical (unpaired) electrons. The molecular formula is C16H21FNNaO3. The fourth-order valence-electron chi connectivity index (χ4n) is 1.95. The number of carbonyl (C=O) groups is 2. The van der Waals surface area contributed by atoms with Crippen LogP contribution in [-0.4, -0.2) is 18.0 Å². The van der Waals surface area contributed by atoms with E-state index in [4.69, 9.17) is 0 Å². The maximum absolute atomic E-state index is 13.0. The third kappa shape index (κ3) is 8.51. The number of amides is 1. The van der Waals surface area contributed by atoms with Crippen LogP contribution in [0.3, 0.4) is 0 Å². The number of benzene rings is 1. The number of rotatable bonds is 9. The monoisotopic (exact) mass is 317 g/mol. The van der Waals surface area contributed by atoms with Crippen LogP contribution in [0, 0.1) is 0 Å². The second kappa shape index (κ2) is 11.6. The van der Waals surface area contributed by atoms with Crippen LogP contribution in [0.25, 0.3) is 0 Å². The van der Waals surface area contributed by atoms with Crippen molar-refractivity contribution < 1.29 is 48.6 Å². The molecular weight excluding hydrogens is 296 g/mol. The van der Waals surface area contributed by atoms with Crippen molar-refractivity contribution in [1.29, 1.82) is 0 Å². The van der Waals surface area contributed by atoms with E-state index < -0.39 is 12.1 Å². The number of carboxylic acids is 1. The Hall–Kier alpha value is -0.910. The molecule has 1 aromatic carbocycles. The van der Waals surface area contributed by atoms with E-state index in [1.54, 1.807) is 0 Å². The molecule has 0 fully saturated rings. The maximum atomic E-state index is 13.0. The molecule has 0 bridgehead atoms. The largest absolute Gasteiger partial charge is 1.00 e. The second-order valence-electron chi connectivity index (χ2n) is 5.02. The third-order valence-corrected chi connectivity index (χ3v) is 3.27. The molecule has 0 saturated heterocycles. The summed E-state index contributed by atoms with van der Waals surface area (Å²) in [6.45, 7) is 1.82. The number of carbonyl (C=O) groups excluding carboxylic acids is 2. The van der Waals surface area contributed by atoms with Crippen LogP contribution in [0.15, 0.2) is 24.3 Å². The number of aromatic carboxylic acids is 1. The molecule has 1 rings (SSSR count). The van der Waals surface area contributed by atoms with Crippen LogP contribution in [0.4, 0.5) is 10.1 Å². The summed E-state index contributed by atoms with van der Waals surface area (Å²) >= 11 is 0. The number of halogens is 1. The van der Waals surface area contributed by atoms with Crippen LogP contribution in [0.1, 0.15) is 55.8 Å². The predicted octanol–water partition coefficient (Wildman–Crippen LogP) is -0.309. The van der Waals surface area contributed by atoms with Gasteiger partial charge in [-0.2, -0.15) is 0 Å². The van der Waals surface area contributed by atoms with Gasteiger partial charge in [-0.3, -0.25) is 4.79 Å². The normalized spacial score (nSPS) is 11.4. The first kappa shape index (κ1) is 21.1. The van der Waals surface area contributed by atoms with Crippen molar-refractivity contribution in [3.63, 3.8) is 0 Å². The zero-order valence-electron chi connectivity index (χ0n) is 13.2. The average Bonchev–Trinajstić information content (AvgIpc) is 2.47. The number of hydrogen-bond acceptors (Lipinski definition) is 3. The van der Waals surface area contributed by atoms with Crippen molar-refractivity contribution in [1.82, 2.24) is 0 Å². The summed E-state index contributed by atoms with van der Waals surface area (Å²) in [6, 6.07) is 5.82. The van der Waals surface area contributed by atoms with E-state index in [-0.39, 0.29) is 41.0 Å². The summed E-state index contributed by atoms with van der Waals surface area (Å²) in [5, 5.41) is 13.3. The van der Waals surface area contributed by atoms with Gasteiger partial charge in [0.25, 0.3) is 0 Å². The molecule has 0 saturated carbocycles. The third-order valence-electron chi connectivity index (χ3n) is 3.27. The van der Waals surface area contributed by atoms with Gasteiger partial charge in [-0.15, -0.1) is 0 Å². The van der Waals surface area contributed by atoms with Crippen molar-refractivity contribution in [2.75, 3.05) is 5.32 Å². The molecule has 1 N–H and O–H groups in total. The van der Waals surface area contributed by atoms with E-state index in [9.17, 15) is 19.1 Å². The number of alkyl halides is 1. The Labute approximate surface area is 152 Å². The smallest absolute Gasteiger partial charge is 0.545 e. The van der Waals surface area contributed by atoms with E-state index in [2.05, 4.69) is 5.32 Å². The summed E-state index contributed by atoms with van der Waals surface area (Å²) in [5.41, 5.74) is 0.629. The molecule has 0 spiro atoms. The molecule has 6 heteroatoms. The number of unbranched alkanes of at least 4 members (excludes halogenated alkanes) is 2. The summed E-state index contributed by atoms with van der Waals surface area (Å²) in [6.07, 6.45) is 3.09. The van der Waals surface area contributed by atoms with Crippen molar-refractivity contribution in [3.8, 4) is 0 Å². The Bertz CT molecular complexity index is 465. The topological polar surface area (TPSA) is 69.2 Å². The Balaban J connectivity index is 0.00000441. The molecule has 22 heavy (non-hydrogen) atoms. The van der Waals surface area contributed by atoms with Gasteiger partial charge in [0.1, 0.15) is 0 Å². The van der Waals surface area contributed by atoms with Crippen LogP contribution < -0.4 is 40.0 Å². The molecule has 0 aliphatic rings. The quantitative estimate of drug-likeness (QED) is 0.502. The average molecular weight is 317 g/mol. The van der Waals surface area contributed by atoms with Gasteiger partial charge in [0.05, 0.1) is 12.1 Å². The van der Waals surface area contributed by atoms with Crippen LogP contribution in [0.2, 0.25) is 0 Å². The maximum Gasteiger partial charge on any atom is 1.00 e. The number of carboxylic acid groups (broad SMARTS) is 1. The second-order valence-corrected chi connectivity index (χ2v) is 5.02. The first-order valence-corrected chi connectivity index (χ1v) is 7.28. The Kier molecular flexibility index (Phi) is 11.1. The summed E-state index contributed by atoms with van der Waals surface area (Å²) < 4.78 is 13.0. The molecule has 0 aliphatic carbocycles. The van der Waals surface area contributed by atoms with Gasteiger partial charge in [0.15, 0.2) is 0 Å². The zero-order valence-corrected chi connectivity index (χ0v) is 15.2. The van der Waals surface area contributed by atoms with Gasteiger partial charge in [-0.1, -0.05) is 31.9 Å². The Morgan fingerprint density at radius 2 is 1.82 bits per heavy atom. The minimum absolute atomic E-state index is 0. The zero-order chi connectivity index (χ0) is 15.7. The van der Waals surface area contributed by atoms with Crippen molar-refractivity contribution in [3.05, 3.63) is 29.8 Å². The molecule has 1 unspecified atom stereocenters. The van der Waals surface area contributed by atoms with E-state index in [1.807, 2.05) is 6.92 Å². The van der Waals surface area contributed by atoms with Crippen molar-refractivity contribution in [2.45, 2.75) is 51.6 Å². The van der Waals surface area contributed by atoms with Crippen molar-refractivity contribution in [2.24, 2.45) is 0 Å². The fraction of sp³-hybridized carbons (Fsp3) is 0.500. The molecule has 116 valence electrons. The SMILES string of the molecule is CCC(F)CCCCCC(=O)Nc1ccc(C(=O)[O-])cc1.[Na+]. The molecule has 1 aromatic rings. The summed E-state index contributed by atoms with van der Waals surface area (Å²) in [7, 11) is 0. The standard InChI is InChI=1S/C16H22FNO3.Na/c1-2-13(17)6-4-3-5-7-15(19)18-14-10-8-12(9-11-14)16(20)21;/h8-11,13H,2-7H2,1H3,(H,18,19)(H,20,21);/q;+1/p-1. The van der Waals surface area contributed by atoms with Gasteiger partial charge in [-0.25, -0.2) is 4.39 Å². The summed E-state index contributed by atoms with van der Waals surface area (Å²) in [5.74, 6) is -1.37. The van der Waals surface area contributed by atoms with E-state index in [1.165, 1.54) is 24.3 Å². The van der Waals surface area contributed by atoms with Gasteiger partial charge in [-0.05, 0) is 37.0 Å². The number of nitrogens with one attached hydrogen (secondary N) is 1. The Morgan fingerprint density at radius 1 is 1.18 bits per heavy atom. The van der Waals surface area contributed by atoms with E-state index in [0.29, 0.717) is 24.9 Å². The van der Waals surface area contributed by atoms with Gasteiger partial charge < -0.3 is 15.2 Å². The van der Waals surface area contributed by atoms with Gasteiger partial charge in [0, 0.05) is 12.1 Å². The minimum Gasteiger partial charge on any atom is -0.545 e. The minimum atomic E-state index is -1.24.